The molecule has 1 N–H and O–H groups in total. The van der Waals surface area contributed by atoms with Crippen LogP contribution in [0.25, 0.3) is 6.08 Å². The van der Waals surface area contributed by atoms with Crippen LogP contribution in [0.15, 0.2) is 70.7 Å². The maximum Gasteiger partial charge on any atom is 0.266 e. The van der Waals surface area contributed by atoms with Crippen molar-refractivity contribution in [2.45, 2.75) is 13.5 Å². The molecule has 0 aliphatic heterocycles. The van der Waals surface area contributed by atoms with Gasteiger partial charge in [-0.1, -0.05) is 35.9 Å². The summed E-state index contributed by atoms with van der Waals surface area (Å²) in [5.41, 5.74) is 1.31. The first-order chi connectivity index (χ1) is 15.9. The van der Waals surface area contributed by atoms with Crippen LogP contribution in [0.1, 0.15) is 18.1 Å². The number of carbonyl (C=O) groups excluding carboxylic acids is 1. The third kappa shape index (κ3) is 6.58. The molecule has 0 atom stereocenters. The molecule has 0 radical (unpaired) electrons. The highest BCUT2D eigenvalue weighted by atomic mass is 79.9. The number of nitriles is 1. The molecule has 0 aromatic heterocycles. The third-order valence-electron chi connectivity index (χ3n) is 4.42. The molecule has 3 rings (SSSR count). The Labute approximate surface area is 204 Å². The van der Waals surface area contributed by atoms with Crippen molar-refractivity contribution in [1.82, 2.24) is 0 Å². The van der Waals surface area contributed by atoms with Gasteiger partial charge in [-0.3, -0.25) is 4.79 Å². The van der Waals surface area contributed by atoms with Gasteiger partial charge in [0.05, 0.1) is 11.1 Å². The molecule has 3 aromatic carbocycles. The first kappa shape index (κ1) is 24.3. The number of amides is 1. The van der Waals surface area contributed by atoms with Gasteiger partial charge in [-0.05, 0) is 70.9 Å². The molecular formula is C25H19BrClFN2O3. The van der Waals surface area contributed by atoms with E-state index in [1.54, 1.807) is 54.6 Å². The number of benzene rings is 3. The Hall–Kier alpha value is -3.34. The van der Waals surface area contributed by atoms with Crippen LogP contribution < -0.4 is 14.8 Å². The van der Waals surface area contributed by atoms with Crippen LogP contribution in [-0.4, -0.2) is 12.5 Å². The average Bonchev–Trinajstić information content (AvgIpc) is 2.78. The van der Waals surface area contributed by atoms with E-state index in [0.29, 0.717) is 44.4 Å². The summed E-state index contributed by atoms with van der Waals surface area (Å²) in [5.74, 6) is -0.162. The molecule has 5 nitrogen and oxygen atoms in total. The number of anilines is 1. The molecule has 0 heterocycles. The summed E-state index contributed by atoms with van der Waals surface area (Å²) in [6.45, 7) is 2.18. The van der Waals surface area contributed by atoms with Crippen molar-refractivity contribution in [3.8, 4) is 17.6 Å². The van der Waals surface area contributed by atoms with E-state index in [4.69, 9.17) is 21.1 Å². The molecule has 0 aliphatic rings. The second kappa shape index (κ2) is 11.5. The van der Waals surface area contributed by atoms with Gasteiger partial charge >= 0.3 is 0 Å². The molecule has 0 saturated carbocycles. The van der Waals surface area contributed by atoms with Crippen molar-refractivity contribution in [3.05, 3.63) is 92.7 Å². The Morgan fingerprint density at radius 2 is 1.97 bits per heavy atom. The molecule has 33 heavy (non-hydrogen) atoms. The van der Waals surface area contributed by atoms with Gasteiger partial charge < -0.3 is 14.8 Å². The number of nitrogens with zero attached hydrogens (tertiary/aromatic N) is 1. The van der Waals surface area contributed by atoms with E-state index in [1.165, 1.54) is 12.1 Å². The highest BCUT2D eigenvalue weighted by Gasteiger charge is 2.15. The van der Waals surface area contributed by atoms with Crippen molar-refractivity contribution >= 4 is 45.2 Å². The lowest BCUT2D eigenvalue weighted by Crippen LogP contribution is -2.13. The Morgan fingerprint density at radius 1 is 1.18 bits per heavy atom. The fraction of sp³-hybridized carbons (Fsp3) is 0.120. The predicted octanol–water partition coefficient (Wildman–Crippen LogP) is 6.76. The summed E-state index contributed by atoms with van der Waals surface area (Å²) in [5, 5.41) is 12.6. The molecule has 0 unspecified atom stereocenters. The largest absolute Gasteiger partial charge is 0.490 e. The number of ether oxygens (including phenoxy) is 2. The summed E-state index contributed by atoms with van der Waals surface area (Å²) < 4.78 is 26.0. The number of rotatable bonds is 8. The van der Waals surface area contributed by atoms with Gasteiger partial charge in [-0.25, -0.2) is 4.39 Å². The summed E-state index contributed by atoms with van der Waals surface area (Å²) >= 11 is 9.39. The van der Waals surface area contributed by atoms with Crippen LogP contribution >= 0.6 is 27.5 Å². The summed E-state index contributed by atoms with van der Waals surface area (Å²) in [7, 11) is 0. The van der Waals surface area contributed by atoms with Crippen molar-refractivity contribution in [3.63, 3.8) is 0 Å². The molecule has 0 spiro atoms. The zero-order valence-electron chi connectivity index (χ0n) is 17.6. The van der Waals surface area contributed by atoms with Crippen molar-refractivity contribution in [2.75, 3.05) is 11.9 Å². The van der Waals surface area contributed by atoms with Crippen molar-refractivity contribution in [2.24, 2.45) is 0 Å². The van der Waals surface area contributed by atoms with Gasteiger partial charge in [0.2, 0.25) is 0 Å². The number of carbonyl (C=O) groups is 1. The van der Waals surface area contributed by atoms with Crippen LogP contribution in [0.2, 0.25) is 5.02 Å². The monoisotopic (exact) mass is 528 g/mol. The lowest BCUT2D eigenvalue weighted by atomic mass is 10.1. The SMILES string of the molecule is CCOc1cc(/C=C(\C#N)C(=O)Nc2cccc(Cl)c2)cc(Br)c1OCc1ccccc1F. The maximum atomic E-state index is 13.9. The van der Waals surface area contributed by atoms with E-state index in [9.17, 15) is 14.4 Å². The highest BCUT2D eigenvalue weighted by molar-refractivity contribution is 9.10. The lowest BCUT2D eigenvalue weighted by molar-refractivity contribution is -0.112. The number of nitrogens with one attached hydrogen (secondary N) is 1. The Bertz CT molecular complexity index is 1240. The standard InChI is InChI=1S/C25H19BrClFN2O3/c1-2-32-23-12-16(10-18(14-29)25(31)30-20-8-5-7-19(27)13-20)11-21(26)24(23)33-15-17-6-3-4-9-22(17)28/h3-13H,2,15H2,1H3,(H,30,31)/b18-10+. The van der Waals surface area contributed by atoms with Gasteiger partial charge in [0.1, 0.15) is 24.1 Å². The van der Waals surface area contributed by atoms with E-state index < -0.39 is 5.91 Å². The van der Waals surface area contributed by atoms with Crippen LogP contribution in [0.3, 0.4) is 0 Å². The highest BCUT2D eigenvalue weighted by Crippen LogP contribution is 2.38. The first-order valence-electron chi connectivity index (χ1n) is 9.92. The average molecular weight is 530 g/mol. The third-order valence-corrected chi connectivity index (χ3v) is 5.24. The Balaban J connectivity index is 1.86. The quantitative estimate of drug-likeness (QED) is 0.258. The van der Waals surface area contributed by atoms with E-state index >= 15 is 0 Å². The van der Waals surface area contributed by atoms with Crippen LogP contribution in [0.4, 0.5) is 10.1 Å². The molecule has 3 aromatic rings. The fourth-order valence-electron chi connectivity index (χ4n) is 2.92. The number of hydrogen-bond donors (Lipinski definition) is 1. The van der Waals surface area contributed by atoms with E-state index in [1.807, 2.05) is 13.0 Å². The Morgan fingerprint density at radius 3 is 2.67 bits per heavy atom. The number of halogens is 3. The second-order valence-corrected chi connectivity index (χ2v) is 8.07. The van der Waals surface area contributed by atoms with Crippen LogP contribution in [0, 0.1) is 17.1 Å². The molecule has 0 fully saturated rings. The molecule has 168 valence electrons. The van der Waals surface area contributed by atoms with Gasteiger partial charge in [-0.15, -0.1) is 0 Å². The van der Waals surface area contributed by atoms with Crippen molar-refractivity contribution in [1.29, 1.82) is 5.26 Å². The number of hydrogen-bond acceptors (Lipinski definition) is 4. The zero-order chi connectivity index (χ0) is 23.8. The molecule has 0 aliphatic carbocycles. The van der Waals surface area contributed by atoms with Gasteiger partial charge in [0.15, 0.2) is 11.5 Å². The van der Waals surface area contributed by atoms with Crippen molar-refractivity contribution < 1.29 is 18.7 Å². The fourth-order valence-corrected chi connectivity index (χ4v) is 3.68. The maximum absolute atomic E-state index is 13.9. The van der Waals surface area contributed by atoms with E-state index in [2.05, 4.69) is 21.2 Å². The summed E-state index contributed by atoms with van der Waals surface area (Å²) in [6, 6.07) is 18.2. The predicted molar refractivity (Wildman–Crippen MR) is 130 cm³/mol. The lowest BCUT2D eigenvalue weighted by Gasteiger charge is -2.15. The van der Waals surface area contributed by atoms with Gasteiger partial charge in [-0.2, -0.15) is 5.26 Å². The first-order valence-corrected chi connectivity index (χ1v) is 11.1. The van der Waals surface area contributed by atoms with E-state index in [0.717, 1.165) is 0 Å². The second-order valence-electron chi connectivity index (χ2n) is 6.78. The van der Waals surface area contributed by atoms with Gasteiger partial charge in [0.25, 0.3) is 5.91 Å². The zero-order valence-corrected chi connectivity index (χ0v) is 19.9. The smallest absolute Gasteiger partial charge is 0.266 e. The minimum absolute atomic E-state index is 0.00597. The Kier molecular flexibility index (Phi) is 8.47. The minimum Gasteiger partial charge on any atom is -0.490 e. The normalized spacial score (nSPS) is 10.9. The summed E-state index contributed by atoms with van der Waals surface area (Å²) in [6.07, 6.45) is 1.44. The topological polar surface area (TPSA) is 71.3 Å². The molecule has 0 saturated heterocycles. The molecule has 1 amide bonds. The minimum atomic E-state index is -0.575. The summed E-state index contributed by atoms with van der Waals surface area (Å²) in [4.78, 5) is 12.6. The van der Waals surface area contributed by atoms with Crippen LogP contribution in [0.5, 0.6) is 11.5 Å². The molecule has 8 heteroatoms. The van der Waals surface area contributed by atoms with Crippen LogP contribution in [-0.2, 0) is 11.4 Å². The molecular weight excluding hydrogens is 511 g/mol. The van der Waals surface area contributed by atoms with Gasteiger partial charge in [0, 0.05) is 16.3 Å². The van der Waals surface area contributed by atoms with E-state index in [-0.39, 0.29) is 18.0 Å². The molecule has 0 bridgehead atoms.